The third-order valence-corrected chi connectivity index (χ3v) is 4.71. The molecule has 1 fully saturated rings. The highest BCUT2D eigenvalue weighted by Crippen LogP contribution is 2.33. The van der Waals surface area contributed by atoms with Crippen molar-refractivity contribution in [2.24, 2.45) is 0 Å². The van der Waals surface area contributed by atoms with Gasteiger partial charge in [-0.3, -0.25) is 9.48 Å². The first-order valence-electron chi connectivity index (χ1n) is 9.04. The maximum absolute atomic E-state index is 12.5. The van der Waals surface area contributed by atoms with Gasteiger partial charge in [0.25, 0.3) is 0 Å². The van der Waals surface area contributed by atoms with Crippen molar-refractivity contribution in [3.05, 3.63) is 30.9 Å². The average Bonchev–Trinajstić information content (AvgIpc) is 3.20. The van der Waals surface area contributed by atoms with Gasteiger partial charge in [0.1, 0.15) is 25.9 Å². The van der Waals surface area contributed by atoms with Gasteiger partial charge >= 0.3 is 0 Å². The van der Waals surface area contributed by atoms with Crippen LogP contribution in [0.5, 0.6) is 11.5 Å². The monoisotopic (exact) mass is 357 g/mol. The normalized spacial score (nSPS) is 19.2. The molecule has 138 valence electrons. The van der Waals surface area contributed by atoms with Crippen molar-refractivity contribution in [2.75, 3.05) is 31.6 Å². The smallest absolute Gasteiger partial charge is 0.224 e. The fourth-order valence-electron chi connectivity index (χ4n) is 3.41. The third kappa shape index (κ3) is 3.89. The number of fused-ring (bicyclic) bond motifs is 1. The van der Waals surface area contributed by atoms with Gasteiger partial charge in [-0.15, -0.1) is 0 Å². The van der Waals surface area contributed by atoms with Crippen LogP contribution < -0.4 is 14.8 Å². The SMILES string of the molecule is O=C(CCn1cncn1)N1CCC[C@H](Nc2ccc3c(c2)OCCO3)C1. The first-order chi connectivity index (χ1) is 12.8. The Hall–Kier alpha value is -2.77. The predicted molar refractivity (Wildman–Crippen MR) is 95.3 cm³/mol. The molecule has 4 rings (SSSR count). The van der Waals surface area contributed by atoms with Gasteiger partial charge in [0.15, 0.2) is 11.5 Å². The number of nitrogens with one attached hydrogen (secondary N) is 1. The van der Waals surface area contributed by atoms with Crippen LogP contribution in [0.4, 0.5) is 5.69 Å². The van der Waals surface area contributed by atoms with Crippen LogP contribution in [0.1, 0.15) is 19.3 Å². The lowest BCUT2D eigenvalue weighted by molar-refractivity contribution is -0.132. The van der Waals surface area contributed by atoms with Gasteiger partial charge in [-0.25, -0.2) is 4.98 Å². The molecule has 26 heavy (non-hydrogen) atoms. The second-order valence-electron chi connectivity index (χ2n) is 6.59. The summed E-state index contributed by atoms with van der Waals surface area (Å²) >= 11 is 0. The van der Waals surface area contributed by atoms with Crippen LogP contribution >= 0.6 is 0 Å². The molecular weight excluding hydrogens is 334 g/mol. The summed E-state index contributed by atoms with van der Waals surface area (Å²) < 4.78 is 12.9. The summed E-state index contributed by atoms with van der Waals surface area (Å²) in [5.41, 5.74) is 0.996. The third-order valence-electron chi connectivity index (χ3n) is 4.71. The summed E-state index contributed by atoms with van der Waals surface area (Å²) in [6, 6.07) is 6.14. The molecule has 1 aromatic carbocycles. The molecule has 3 heterocycles. The summed E-state index contributed by atoms with van der Waals surface area (Å²) in [5, 5.41) is 7.57. The van der Waals surface area contributed by atoms with Crippen molar-refractivity contribution < 1.29 is 14.3 Å². The molecule has 2 aliphatic heterocycles. The van der Waals surface area contributed by atoms with Gasteiger partial charge in [-0.1, -0.05) is 0 Å². The number of carbonyl (C=O) groups excluding carboxylic acids is 1. The van der Waals surface area contributed by atoms with Crippen LogP contribution in [-0.2, 0) is 11.3 Å². The zero-order valence-electron chi connectivity index (χ0n) is 14.6. The lowest BCUT2D eigenvalue weighted by Crippen LogP contribution is -2.45. The number of anilines is 1. The lowest BCUT2D eigenvalue weighted by Gasteiger charge is -2.34. The number of aromatic nitrogens is 3. The maximum atomic E-state index is 12.5. The van der Waals surface area contributed by atoms with Crippen molar-refractivity contribution in [1.29, 1.82) is 0 Å². The van der Waals surface area contributed by atoms with Gasteiger partial charge in [0.2, 0.25) is 5.91 Å². The van der Waals surface area contributed by atoms with E-state index < -0.39 is 0 Å². The second kappa shape index (κ2) is 7.63. The number of aryl methyl sites for hydroxylation is 1. The number of benzene rings is 1. The number of hydrogen-bond donors (Lipinski definition) is 1. The van der Waals surface area contributed by atoms with E-state index in [4.69, 9.17) is 9.47 Å². The van der Waals surface area contributed by atoms with Crippen LogP contribution in [0, 0.1) is 0 Å². The summed E-state index contributed by atoms with van der Waals surface area (Å²) in [7, 11) is 0. The van der Waals surface area contributed by atoms with Crippen molar-refractivity contribution >= 4 is 11.6 Å². The minimum atomic E-state index is 0.161. The fraction of sp³-hybridized carbons (Fsp3) is 0.500. The molecule has 1 saturated heterocycles. The van der Waals surface area contributed by atoms with Crippen molar-refractivity contribution in [3.63, 3.8) is 0 Å². The average molecular weight is 357 g/mol. The van der Waals surface area contributed by atoms with Gasteiger partial charge in [0.05, 0.1) is 6.54 Å². The number of likely N-dealkylation sites (tertiary alicyclic amines) is 1. The topological polar surface area (TPSA) is 81.5 Å². The highest BCUT2D eigenvalue weighted by atomic mass is 16.6. The largest absolute Gasteiger partial charge is 0.486 e. The highest BCUT2D eigenvalue weighted by molar-refractivity contribution is 5.76. The Morgan fingerprint density at radius 2 is 2.15 bits per heavy atom. The van der Waals surface area contributed by atoms with Gasteiger partial charge in [-0.2, -0.15) is 5.10 Å². The number of carbonyl (C=O) groups is 1. The van der Waals surface area contributed by atoms with Crippen molar-refractivity contribution in [2.45, 2.75) is 31.8 Å². The molecule has 0 aliphatic carbocycles. The van der Waals surface area contributed by atoms with E-state index in [1.807, 2.05) is 23.1 Å². The van der Waals surface area contributed by atoms with E-state index in [-0.39, 0.29) is 11.9 Å². The van der Waals surface area contributed by atoms with E-state index in [9.17, 15) is 4.79 Å². The number of rotatable bonds is 5. The molecule has 2 aliphatic rings. The van der Waals surface area contributed by atoms with E-state index in [2.05, 4.69) is 15.4 Å². The fourth-order valence-corrected chi connectivity index (χ4v) is 3.41. The summed E-state index contributed by atoms with van der Waals surface area (Å²) in [6.07, 6.45) is 5.60. The minimum absolute atomic E-state index is 0.161. The maximum Gasteiger partial charge on any atom is 0.224 e. The second-order valence-corrected chi connectivity index (χ2v) is 6.59. The molecular formula is C18H23N5O3. The molecule has 8 heteroatoms. The first-order valence-corrected chi connectivity index (χ1v) is 9.04. The Morgan fingerprint density at radius 3 is 3.00 bits per heavy atom. The Balaban J connectivity index is 1.32. The van der Waals surface area contributed by atoms with Crippen LogP contribution in [-0.4, -0.2) is 57.9 Å². The van der Waals surface area contributed by atoms with E-state index in [1.54, 1.807) is 11.0 Å². The van der Waals surface area contributed by atoms with Gasteiger partial charge < -0.3 is 19.7 Å². The van der Waals surface area contributed by atoms with Crippen LogP contribution in [0.15, 0.2) is 30.9 Å². The molecule has 2 aromatic rings. The van der Waals surface area contributed by atoms with E-state index >= 15 is 0 Å². The summed E-state index contributed by atoms with van der Waals surface area (Å²) in [5.74, 6) is 1.72. The van der Waals surface area contributed by atoms with Crippen LogP contribution in [0.3, 0.4) is 0 Å². The molecule has 0 unspecified atom stereocenters. The first kappa shape index (κ1) is 16.7. The number of ether oxygens (including phenoxy) is 2. The molecule has 0 spiro atoms. The summed E-state index contributed by atoms with van der Waals surface area (Å²) in [6.45, 7) is 3.26. The molecule has 1 aromatic heterocycles. The Kier molecular flexibility index (Phi) is 4.90. The van der Waals surface area contributed by atoms with Crippen LogP contribution in [0.2, 0.25) is 0 Å². The lowest BCUT2D eigenvalue weighted by atomic mass is 10.0. The molecule has 1 amide bonds. The number of amides is 1. The zero-order valence-corrected chi connectivity index (χ0v) is 14.6. The Morgan fingerprint density at radius 1 is 1.27 bits per heavy atom. The van der Waals surface area contributed by atoms with Crippen molar-refractivity contribution in [3.8, 4) is 11.5 Å². The van der Waals surface area contributed by atoms with E-state index in [1.165, 1.54) is 6.33 Å². The number of hydrogen-bond acceptors (Lipinski definition) is 6. The molecule has 0 radical (unpaired) electrons. The molecule has 0 bridgehead atoms. The number of nitrogens with zero attached hydrogens (tertiary/aromatic N) is 4. The quantitative estimate of drug-likeness (QED) is 0.874. The minimum Gasteiger partial charge on any atom is -0.486 e. The molecule has 1 atom stereocenters. The van der Waals surface area contributed by atoms with E-state index in [0.29, 0.717) is 32.7 Å². The molecule has 8 nitrogen and oxygen atoms in total. The van der Waals surface area contributed by atoms with Gasteiger partial charge in [-0.05, 0) is 25.0 Å². The van der Waals surface area contributed by atoms with Gasteiger partial charge in [0, 0.05) is 37.3 Å². The number of piperidine rings is 1. The van der Waals surface area contributed by atoms with Crippen molar-refractivity contribution in [1.82, 2.24) is 19.7 Å². The molecule has 0 saturated carbocycles. The Bertz CT molecular complexity index is 749. The standard InChI is InChI=1S/C18H23N5O3/c24-18(5-7-23-13-19-12-20-23)22-6-1-2-15(11-22)21-14-3-4-16-17(10-14)26-9-8-25-16/h3-4,10,12-13,15,21H,1-2,5-9,11H2/t15-/m0/s1. The molecule has 1 N–H and O–H groups in total. The predicted octanol–water partition coefficient (Wildman–Crippen LogP) is 1.54. The Labute approximate surface area is 152 Å². The van der Waals surface area contributed by atoms with E-state index in [0.717, 1.165) is 36.6 Å². The zero-order chi connectivity index (χ0) is 17.8. The highest BCUT2D eigenvalue weighted by Gasteiger charge is 2.24. The summed E-state index contributed by atoms with van der Waals surface area (Å²) in [4.78, 5) is 18.3. The van der Waals surface area contributed by atoms with Crippen LogP contribution in [0.25, 0.3) is 0 Å².